The molecule has 110 heavy (non-hydrogen) atoms. The maximum Gasteiger partial charge on any atom is 0.100 e. The molecule has 10 nitrogen and oxygen atoms in total. The molecule has 0 unspecified atom stereocenters. The lowest BCUT2D eigenvalue weighted by molar-refractivity contribution is 1.52. The number of nitrogens with zero attached hydrogens (tertiary/aromatic N) is 10. The fourth-order valence-corrected chi connectivity index (χ4v) is 33.2. The van der Waals surface area contributed by atoms with Crippen molar-refractivity contribution in [2.45, 2.75) is 0 Å². The Morgan fingerprint density at radius 2 is 0.255 bits per heavy atom. The monoisotopic (exact) mass is 1500 g/mol. The molecular formula is C95H65N10P5. The third-order valence-corrected chi connectivity index (χ3v) is 39.2. The molecule has 520 valence electrons. The Kier molecular flexibility index (Phi) is 25.8. The molecule has 5 aliphatic heterocycles. The molecule has 10 aromatic carbocycles. The van der Waals surface area contributed by atoms with Crippen LogP contribution in [0.5, 0.6) is 0 Å². The van der Waals surface area contributed by atoms with E-state index < -0.39 is 34.4 Å². The van der Waals surface area contributed by atoms with E-state index in [1.165, 1.54) is 0 Å². The van der Waals surface area contributed by atoms with Gasteiger partial charge in [-0.2, -0.15) is 52.6 Å². The van der Waals surface area contributed by atoms with Crippen LogP contribution in [-0.4, -0.2) is 26.5 Å². The van der Waals surface area contributed by atoms with E-state index in [4.69, 9.17) is 0 Å². The highest BCUT2D eigenvalue weighted by Gasteiger charge is 2.38. The lowest BCUT2D eigenvalue weighted by Gasteiger charge is -2.29. The lowest BCUT2D eigenvalue weighted by atomic mass is 10.3. The fourth-order valence-electron chi connectivity index (χ4n) is 14.1. The summed E-state index contributed by atoms with van der Waals surface area (Å²) in [5.41, 5.74) is 0. The fraction of sp³-hybridized carbons (Fsp3) is 0. The average molecular weight is 1500 g/mol. The van der Waals surface area contributed by atoms with Gasteiger partial charge in [-0.3, -0.25) is 0 Å². The number of hydrogen-bond acceptors (Lipinski definition) is 10. The molecule has 0 amide bonds. The van der Waals surface area contributed by atoms with Crippen molar-refractivity contribution >= 4 is 114 Å². The van der Waals surface area contributed by atoms with Crippen LogP contribution in [0.3, 0.4) is 0 Å². The normalized spacial score (nSPS) is 15.5. The summed E-state index contributed by atoms with van der Waals surface area (Å²) in [6.45, 7) is -11.7. The largest absolute Gasteiger partial charge is 0.192 e. The van der Waals surface area contributed by atoms with Gasteiger partial charge in [0.1, 0.15) is 60.7 Å². The quantitative estimate of drug-likeness (QED) is 0.117. The highest BCUT2D eigenvalue weighted by molar-refractivity contribution is 7.95. The summed E-state index contributed by atoms with van der Waals surface area (Å²) in [5, 5.41) is 114. The van der Waals surface area contributed by atoms with E-state index >= 15 is 0 Å². The van der Waals surface area contributed by atoms with Crippen molar-refractivity contribution in [1.82, 2.24) is 0 Å². The molecule has 0 saturated heterocycles. The summed E-state index contributed by atoms with van der Waals surface area (Å²) >= 11 is 0. The Bertz CT molecular complexity index is 5140. The van der Waals surface area contributed by atoms with Crippen LogP contribution in [0.15, 0.2) is 421 Å². The molecule has 0 aliphatic carbocycles. The van der Waals surface area contributed by atoms with Crippen LogP contribution < -0.4 is 53.0 Å². The second-order valence-electron chi connectivity index (χ2n) is 24.3. The van der Waals surface area contributed by atoms with Gasteiger partial charge in [0, 0.05) is 34.4 Å². The Morgan fingerprint density at radius 3 is 0.345 bits per heavy atom. The number of rotatable bonds is 10. The molecule has 15 rings (SSSR count). The minimum Gasteiger partial charge on any atom is -0.192 e. The first-order chi connectivity index (χ1) is 54.2. The summed E-state index contributed by atoms with van der Waals surface area (Å²) in [6.07, 6.45) is 27.4. The van der Waals surface area contributed by atoms with Crippen molar-refractivity contribution in [3.63, 3.8) is 0 Å². The first-order valence-electron chi connectivity index (χ1n) is 34.5. The van der Waals surface area contributed by atoms with Gasteiger partial charge in [-0.25, -0.2) is 0 Å². The second kappa shape index (κ2) is 36.8. The topological polar surface area (TPSA) is 238 Å². The van der Waals surface area contributed by atoms with Crippen molar-refractivity contribution in [2.24, 2.45) is 0 Å². The van der Waals surface area contributed by atoms with Gasteiger partial charge < -0.3 is 0 Å². The lowest BCUT2D eigenvalue weighted by Crippen LogP contribution is -2.23. The van der Waals surface area contributed by atoms with Crippen LogP contribution in [-0.2, 0) is 0 Å². The van der Waals surface area contributed by atoms with Gasteiger partial charge in [-0.15, -0.1) is 0 Å². The highest BCUT2D eigenvalue weighted by atomic mass is 31.2. The molecule has 15 heteroatoms. The van der Waals surface area contributed by atoms with Crippen molar-refractivity contribution in [3.8, 4) is 60.7 Å². The van der Waals surface area contributed by atoms with E-state index in [-0.39, 0.29) is 0 Å². The number of nitriles is 10. The van der Waals surface area contributed by atoms with E-state index in [1.54, 1.807) is 30.4 Å². The molecule has 0 aromatic heterocycles. The van der Waals surface area contributed by atoms with Gasteiger partial charge >= 0.3 is 0 Å². The molecule has 0 N–H and O–H groups in total. The zero-order chi connectivity index (χ0) is 77.1. The molecule has 5 heterocycles. The molecular weight excluding hydrogens is 1440 g/mol. The van der Waals surface area contributed by atoms with Crippen LogP contribution in [0.25, 0.3) is 0 Å². The van der Waals surface area contributed by atoms with E-state index in [1.807, 2.05) is 364 Å². The average Bonchev–Trinajstić information content (AvgIpc) is 0.768. The predicted molar refractivity (Wildman–Crippen MR) is 463 cm³/mol. The van der Waals surface area contributed by atoms with E-state index in [0.29, 0.717) is 53.0 Å². The molecule has 0 saturated carbocycles. The Balaban J connectivity index is 0.000000136. The third-order valence-electron chi connectivity index (χ3n) is 18.7. The second-order valence-corrected chi connectivity index (χ2v) is 41.0. The smallest absolute Gasteiger partial charge is 0.100 e. The van der Waals surface area contributed by atoms with Crippen molar-refractivity contribution < 1.29 is 0 Å². The summed E-state index contributed by atoms with van der Waals surface area (Å²) in [7, 11) is 0. The van der Waals surface area contributed by atoms with Crippen molar-refractivity contribution in [1.29, 1.82) is 52.6 Å². The Labute approximate surface area is 643 Å². The number of allylic oxidation sites excluding steroid dienone is 20. The van der Waals surface area contributed by atoms with E-state index in [9.17, 15) is 52.6 Å². The highest BCUT2D eigenvalue weighted by Crippen LogP contribution is 2.60. The molecule has 5 aliphatic rings. The summed E-state index contributed by atoms with van der Waals surface area (Å²) in [4.78, 5) is 0. The van der Waals surface area contributed by atoms with Crippen molar-refractivity contribution in [2.75, 3.05) is 0 Å². The summed E-state index contributed by atoms with van der Waals surface area (Å²) in [5.74, 6) is 0. The Hall–Kier alpha value is -14.0. The van der Waals surface area contributed by atoms with Gasteiger partial charge in [-0.05, 0) is 114 Å². The molecule has 0 atom stereocenters. The minimum absolute atomic E-state index is 0.670. The zero-order valence-corrected chi connectivity index (χ0v) is 63.7. The molecule has 0 radical (unpaired) electrons. The van der Waals surface area contributed by atoms with Gasteiger partial charge in [0.05, 0.1) is 53.0 Å². The number of benzene rings is 10. The van der Waals surface area contributed by atoms with Crippen LogP contribution in [0.1, 0.15) is 0 Å². The van der Waals surface area contributed by atoms with Crippen LogP contribution in [0.4, 0.5) is 0 Å². The molecule has 0 spiro atoms. The van der Waals surface area contributed by atoms with Gasteiger partial charge in [-0.1, -0.05) is 334 Å². The van der Waals surface area contributed by atoms with Gasteiger partial charge in [0.2, 0.25) is 0 Å². The predicted octanol–water partition coefficient (Wildman–Crippen LogP) is 16.6. The summed E-state index contributed by atoms with van der Waals surface area (Å²) in [6, 6.07) is 122. The SMILES string of the molecule is N#CC1=CC=CC(C#N)=P1(c1ccccc1)c1ccccc1.N#CC1=CC=CC(C#N)=P1(c1ccccc1)c1ccccc1.N#CC1=CC=CC(C#N)=P1(c1ccccc1)c1ccccc1.N#CC1=CC=CC(C#N)=P1(c1ccccc1)c1ccccc1.N#CC1=CC=CC(C#N)=P1(c1ccccc1)c1ccccc1. The number of hydrogen-bond donors (Lipinski definition) is 0. The first kappa shape index (κ1) is 77.1. The van der Waals surface area contributed by atoms with Crippen LogP contribution in [0.2, 0.25) is 0 Å². The van der Waals surface area contributed by atoms with E-state index in [0.717, 1.165) is 53.0 Å². The van der Waals surface area contributed by atoms with Gasteiger partial charge in [0.15, 0.2) is 0 Å². The molecule has 0 fully saturated rings. The van der Waals surface area contributed by atoms with Crippen molar-refractivity contribution in [3.05, 3.63) is 421 Å². The summed E-state index contributed by atoms with van der Waals surface area (Å²) < 4.78 is 0. The van der Waals surface area contributed by atoms with E-state index in [2.05, 4.69) is 60.7 Å². The standard InChI is InChI=1S/5C19H13N2P/c5*20-14-18-12-7-13-19(15-21)22(18,16-8-3-1-4-9-16)17-10-5-2-6-11-17/h5*1-13H. The zero-order valence-electron chi connectivity index (χ0n) is 59.2. The molecule has 0 bridgehead atoms. The van der Waals surface area contributed by atoms with Crippen LogP contribution >= 0.6 is 34.4 Å². The first-order valence-corrected chi connectivity index (χ1v) is 43.5. The maximum absolute atomic E-state index is 9.72. The Morgan fingerprint density at radius 1 is 0.145 bits per heavy atom. The van der Waals surface area contributed by atoms with Gasteiger partial charge in [0.25, 0.3) is 0 Å². The maximum atomic E-state index is 9.72. The third kappa shape index (κ3) is 14.6. The minimum atomic E-state index is -2.35. The van der Waals surface area contributed by atoms with Crippen LogP contribution in [0, 0.1) is 113 Å². The molecule has 10 aromatic rings.